The van der Waals surface area contributed by atoms with Crippen LogP contribution in [0, 0.1) is 0 Å². The predicted molar refractivity (Wildman–Crippen MR) is 97.9 cm³/mol. The second-order valence-corrected chi connectivity index (χ2v) is 6.93. The molecular weight excluding hydrogens is 382 g/mol. The van der Waals surface area contributed by atoms with Gasteiger partial charge in [0.2, 0.25) is 11.8 Å². The Labute approximate surface area is 166 Å². The first-order valence-electron chi connectivity index (χ1n) is 9.13. The smallest absolute Gasteiger partial charge is 0.305 e. The van der Waals surface area contributed by atoms with E-state index < -0.39 is 23.8 Å². The van der Waals surface area contributed by atoms with Crippen LogP contribution in [0.15, 0.2) is 18.2 Å². The van der Waals surface area contributed by atoms with E-state index in [1.807, 2.05) is 0 Å². The zero-order valence-corrected chi connectivity index (χ0v) is 15.8. The maximum atomic E-state index is 12.7. The molecule has 1 atom stereocenters. The average molecular weight is 403 g/mol. The minimum absolute atomic E-state index is 0.0617. The normalized spacial score (nSPS) is 18.3. The van der Waals surface area contributed by atoms with Crippen molar-refractivity contribution in [2.45, 2.75) is 31.8 Å². The molecule has 0 radical (unpaired) electrons. The Morgan fingerprint density at radius 3 is 2.76 bits per heavy atom. The number of imide groups is 1. The number of carboxylic acids is 1. The zero-order valence-electron chi connectivity index (χ0n) is 15.8. The molecule has 1 aromatic rings. The molecule has 0 spiro atoms. The number of nitrogens with zero attached hydrogens (tertiary/aromatic N) is 2. The topological polar surface area (TPSA) is 133 Å². The van der Waals surface area contributed by atoms with Gasteiger partial charge in [-0.05, 0) is 18.6 Å². The molecule has 2 aliphatic rings. The Hall–Kier alpha value is -3.43. The van der Waals surface area contributed by atoms with E-state index in [0.717, 1.165) is 0 Å². The van der Waals surface area contributed by atoms with Crippen LogP contribution in [0.25, 0.3) is 0 Å². The van der Waals surface area contributed by atoms with Gasteiger partial charge in [-0.25, -0.2) is 0 Å². The highest BCUT2D eigenvalue weighted by Gasteiger charge is 2.40. The molecule has 2 aliphatic heterocycles. The van der Waals surface area contributed by atoms with Gasteiger partial charge >= 0.3 is 5.97 Å². The van der Waals surface area contributed by atoms with Gasteiger partial charge in [0.25, 0.3) is 11.8 Å². The van der Waals surface area contributed by atoms with Gasteiger partial charge < -0.3 is 19.6 Å². The van der Waals surface area contributed by atoms with Gasteiger partial charge in [0.1, 0.15) is 11.8 Å². The number of nitrogens with one attached hydrogen (secondary N) is 1. The zero-order chi connectivity index (χ0) is 21.1. The number of hydrogen-bond donors (Lipinski definition) is 2. The number of amides is 4. The Morgan fingerprint density at radius 1 is 1.31 bits per heavy atom. The van der Waals surface area contributed by atoms with Crippen molar-refractivity contribution in [1.82, 2.24) is 15.1 Å². The molecular formula is C19H21N3O7. The number of likely N-dealkylation sites (N-methyl/N-ethyl adjacent to an activating group) is 1. The molecule has 2 heterocycles. The number of ether oxygens (including phenoxy) is 1. The summed E-state index contributed by atoms with van der Waals surface area (Å²) in [4.78, 5) is 61.6. The van der Waals surface area contributed by atoms with E-state index in [1.54, 1.807) is 18.2 Å². The Balaban J connectivity index is 1.67. The van der Waals surface area contributed by atoms with E-state index >= 15 is 0 Å². The van der Waals surface area contributed by atoms with Gasteiger partial charge in [-0.2, -0.15) is 0 Å². The second-order valence-electron chi connectivity index (χ2n) is 6.93. The Morgan fingerprint density at radius 2 is 2.07 bits per heavy atom. The number of carbonyl (C=O) groups is 5. The molecule has 2 N–H and O–H groups in total. The molecule has 1 aromatic carbocycles. The molecule has 3 rings (SSSR count). The molecule has 0 aliphatic carbocycles. The standard InChI is InChI=1S/C19H21N3O7/c1-21(8-7-17(25)26)16(24)10-29-14-4-2-3-11-12(14)9-22(19(11)28)13-5-6-15(23)20-18(13)27/h2-4,13H,5-10H2,1H3,(H,25,26)(H,20,23,27). The maximum absolute atomic E-state index is 12.7. The third-order valence-corrected chi connectivity index (χ3v) is 4.98. The molecule has 10 nitrogen and oxygen atoms in total. The van der Waals surface area contributed by atoms with Crippen molar-refractivity contribution >= 4 is 29.6 Å². The fraction of sp³-hybridized carbons (Fsp3) is 0.421. The molecule has 4 amide bonds. The summed E-state index contributed by atoms with van der Waals surface area (Å²) in [5, 5.41) is 10.9. The molecule has 1 unspecified atom stereocenters. The van der Waals surface area contributed by atoms with Crippen molar-refractivity contribution in [2.75, 3.05) is 20.2 Å². The van der Waals surface area contributed by atoms with Crippen LogP contribution in [0.3, 0.4) is 0 Å². The van der Waals surface area contributed by atoms with Crippen LogP contribution in [0.5, 0.6) is 5.75 Å². The summed E-state index contributed by atoms with van der Waals surface area (Å²) in [6, 6.07) is 4.14. The molecule has 10 heteroatoms. The van der Waals surface area contributed by atoms with Gasteiger partial charge in [-0.1, -0.05) is 6.07 Å². The van der Waals surface area contributed by atoms with E-state index in [1.165, 1.54) is 16.8 Å². The Kier molecular flexibility index (Phi) is 5.81. The lowest BCUT2D eigenvalue weighted by Crippen LogP contribution is -2.52. The fourth-order valence-corrected chi connectivity index (χ4v) is 3.33. The van der Waals surface area contributed by atoms with Gasteiger partial charge in [0, 0.05) is 31.1 Å². The molecule has 0 bridgehead atoms. The highest BCUT2D eigenvalue weighted by atomic mass is 16.5. The minimum atomic E-state index is -1.00. The first-order valence-corrected chi connectivity index (χ1v) is 9.13. The van der Waals surface area contributed by atoms with E-state index in [2.05, 4.69) is 5.32 Å². The van der Waals surface area contributed by atoms with E-state index in [0.29, 0.717) is 16.9 Å². The summed E-state index contributed by atoms with van der Waals surface area (Å²) in [5.74, 6) is -2.23. The van der Waals surface area contributed by atoms with Crippen molar-refractivity contribution in [2.24, 2.45) is 0 Å². The van der Waals surface area contributed by atoms with Crippen LogP contribution in [-0.2, 0) is 25.7 Å². The summed E-state index contributed by atoms with van der Waals surface area (Å²) >= 11 is 0. The lowest BCUT2D eigenvalue weighted by molar-refractivity contribution is -0.139. The quantitative estimate of drug-likeness (QED) is 0.600. The van der Waals surface area contributed by atoms with Crippen molar-refractivity contribution in [1.29, 1.82) is 0 Å². The monoisotopic (exact) mass is 403 g/mol. The number of aliphatic carboxylic acids is 1. The molecule has 0 saturated carbocycles. The van der Waals surface area contributed by atoms with Gasteiger partial charge in [-0.3, -0.25) is 29.3 Å². The number of hydrogen-bond acceptors (Lipinski definition) is 6. The van der Waals surface area contributed by atoms with Crippen molar-refractivity contribution in [3.05, 3.63) is 29.3 Å². The number of rotatable bonds is 7. The lowest BCUT2D eigenvalue weighted by Gasteiger charge is -2.29. The van der Waals surface area contributed by atoms with Gasteiger partial charge in [0.15, 0.2) is 6.61 Å². The average Bonchev–Trinajstić information content (AvgIpc) is 3.01. The Bertz CT molecular complexity index is 883. The number of carbonyl (C=O) groups excluding carboxylic acids is 4. The van der Waals surface area contributed by atoms with E-state index in [4.69, 9.17) is 9.84 Å². The van der Waals surface area contributed by atoms with Crippen molar-refractivity contribution < 1.29 is 33.8 Å². The maximum Gasteiger partial charge on any atom is 0.305 e. The van der Waals surface area contributed by atoms with E-state index in [9.17, 15) is 24.0 Å². The SMILES string of the molecule is CN(CCC(=O)O)C(=O)COc1cccc2c1CN(C1CCC(=O)NC1=O)C2=O. The highest BCUT2D eigenvalue weighted by Crippen LogP contribution is 2.33. The van der Waals surface area contributed by atoms with Crippen LogP contribution in [0.4, 0.5) is 0 Å². The summed E-state index contributed by atoms with van der Waals surface area (Å²) < 4.78 is 5.59. The summed E-state index contributed by atoms with van der Waals surface area (Å²) in [6.45, 7) is -0.106. The number of fused-ring (bicyclic) bond motifs is 1. The van der Waals surface area contributed by atoms with Crippen LogP contribution in [0.1, 0.15) is 35.2 Å². The van der Waals surface area contributed by atoms with Crippen molar-refractivity contribution in [3.63, 3.8) is 0 Å². The summed E-state index contributed by atoms with van der Waals surface area (Å²) in [5.41, 5.74) is 0.960. The second kappa shape index (κ2) is 8.29. The highest BCUT2D eigenvalue weighted by molar-refractivity contribution is 6.05. The molecule has 1 saturated heterocycles. The lowest BCUT2D eigenvalue weighted by atomic mass is 10.0. The van der Waals surface area contributed by atoms with Gasteiger partial charge in [0.05, 0.1) is 13.0 Å². The minimum Gasteiger partial charge on any atom is -0.483 e. The van der Waals surface area contributed by atoms with E-state index in [-0.39, 0.29) is 50.8 Å². The first kappa shape index (κ1) is 20.3. The molecule has 29 heavy (non-hydrogen) atoms. The molecule has 154 valence electrons. The summed E-state index contributed by atoms with van der Waals surface area (Å²) in [6.07, 6.45) is 0.253. The predicted octanol–water partition coefficient (Wildman–Crippen LogP) is -0.240. The van der Waals surface area contributed by atoms with Crippen LogP contribution in [0.2, 0.25) is 0 Å². The van der Waals surface area contributed by atoms with Crippen molar-refractivity contribution in [3.8, 4) is 5.75 Å². The number of benzene rings is 1. The third kappa shape index (κ3) is 4.36. The fourth-order valence-electron chi connectivity index (χ4n) is 3.33. The number of carboxylic acid groups (broad SMARTS) is 1. The third-order valence-electron chi connectivity index (χ3n) is 4.98. The largest absolute Gasteiger partial charge is 0.483 e. The van der Waals surface area contributed by atoms with Crippen LogP contribution >= 0.6 is 0 Å². The summed E-state index contributed by atoms with van der Waals surface area (Å²) in [7, 11) is 1.48. The first-order chi connectivity index (χ1) is 13.8. The number of piperidine rings is 1. The molecule has 1 fully saturated rings. The van der Waals surface area contributed by atoms with Gasteiger partial charge in [-0.15, -0.1) is 0 Å². The molecule has 0 aromatic heterocycles. The van der Waals surface area contributed by atoms with Crippen LogP contribution < -0.4 is 10.1 Å². The van der Waals surface area contributed by atoms with Crippen LogP contribution in [-0.4, -0.2) is 70.7 Å².